The second kappa shape index (κ2) is 7.94. The molecule has 0 saturated heterocycles. The van der Waals surface area contributed by atoms with Crippen LogP contribution in [0.3, 0.4) is 0 Å². The molecule has 0 heterocycles. The van der Waals surface area contributed by atoms with Gasteiger partial charge in [0.25, 0.3) is 0 Å². The van der Waals surface area contributed by atoms with Crippen molar-refractivity contribution >= 4 is 45.3 Å². The van der Waals surface area contributed by atoms with Crippen LogP contribution >= 0.6 is 34.8 Å². The van der Waals surface area contributed by atoms with Crippen LogP contribution in [-0.4, -0.2) is 17.1 Å². The summed E-state index contributed by atoms with van der Waals surface area (Å²) in [5, 5.41) is 1.96. The molecule has 0 aliphatic rings. The van der Waals surface area contributed by atoms with Crippen molar-refractivity contribution in [3.8, 4) is 0 Å². The van der Waals surface area contributed by atoms with E-state index in [9.17, 15) is 0 Å². The first-order valence-electron chi connectivity index (χ1n) is 7.85. The van der Waals surface area contributed by atoms with Gasteiger partial charge in [-0.3, -0.25) is 0 Å². The minimum absolute atomic E-state index is 0.413. The van der Waals surface area contributed by atoms with E-state index >= 15 is 0 Å². The second-order valence-electron chi connectivity index (χ2n) is 5.78. The molecule has 3 rings (SSSR count). The van der Waals surface area contributed by atoms with E-state index in [4.69, 9.17) is 39.2 Å². The van der Waals surface area contributed by atoms with Crippen LogP contribution < -0.4 is 0 Å². The molecule has 3 aromatic carbocycles. The van der Waals surface area contributed by atoms with E-state index in [-0.39, 0.29) is 0 Å². The molecule has 3 aromatic rings. The van der Waals surface area contributed by atoms with E-state index < -0.39 is 5.41 Å². The highest BCUT2D eigenvalue weighted by Crippen LogP contribution is 2.47. The molecule has 0 radical (unpaired) electrons. The van der Waals surface area contributed by atoms with E-state index in [0.717, 1.165) is 16.7 Å². The van der Waals surface area contributed by atoms with E-state index in [1.807, 2.05) is 72.8 Å². The van der Waals surface area contributed by atoms with Crippen LogP contribution in [0.25, 0.3) is 0 Å². The van der Waals surface area contributed by atoms with Gasteiger partial charge in [0.05, 0.1) is 12.0 Å². The molecule has 1 nitrogen and oxygen atoms in total. The molecule has 0 fully saturated rings. The Morgan fingerprint density at radius 2 is 0.960 bits per heavy atom. The summed E-state index contributed by atoms with van der Waals surface area (Å²) < 4.78 is 5.80. The maximum absolute atomic E-state index is 6.62. The molecular formula is C20H17Cl3OSi. The summed E-state index contributed by atoms with van der Waals surface area (Å²) in [6, 6.07) is 23.3. The SMILES string of the molecule is [SiH3]OCC(c1ccccc1Cl)(c1ccccc1Cl)c1ccccc1Cl. The van der Waals surface area contributed by atoms with Gasteiger partial charge < -0.3 is 4.43 Å². The van der Waals surface area contributed by atoms with Crippen LogP contribution in [0, 0.1) is 0 Å². The molecule has 5 heteroatoms. The second-order valence-corrected chi connectivity index (χ2v) is 7.58. The lowest BCUT2D eigenvalue weighted by molar-refractivity contribution is 0.289. The molecule has 0 spiro atoms. The Kier molecular flexibility index (Phi) is 5.88. The number of rotatable bonds is 5. The van der Waals surface area contributed by atoms with E-state index in [1.54, 1.807) is 0 Å². The Morgan fingerprint density at radius 1 is 0.640 bits per heavy atom. The Labute approximate surface area is 166 Å². The third-order valence-electron chi connectivity index (χ3n) is 4.36. The van der Waals surface area contributed by atoms with Gasteiger partial charge in [0.2, 0.25) is 0 Å². The highest BCUT2D eigenvalue weighted by Gasteiger charge is 2.40. The van der Waals surface area contributed by atoms with Crippen molar-refractivity contribution in [1.29, 1.82) is 0 Å². The first-order chi connectivity index (χ1) is 12.1. The lowest BCUT2D eigenvalue weighted by Crippen LogP contribution is -2.35. The molecule has 25 heavy (non-hydrogen) atoms. The predicted molar refractivity (Wildman–Crippen MR) is 110 cm³/mol. The summed E-state index contributed by atoms with van der Waals surface area (Å²) in [5.74, 6) is 0. The maximum Gasteiger partial charge on any atom is 0.146 e. The van der Waals surface area contributed by atoms with Gasteiger partial charge in [-0.15, -0.1) is 0 Å². The molecule has 0 amide bonds. The molecule has 0 saturated carbocycles. The molecule has 0 N–H and O–H groups in total. The standard InChI is InChI=1S/C20H17Cl3OSi/c21-17-10-4-1-7-14(17)20(13-24-25,15-8-2-5-11-18(15)22)16-9-3-6-12-19(16)23/h1-12H,13H2,25H3. The quantitative estimate of drug-likeness (QED) is 0.413. The summed E-state index contributed by atoms with van der Waals surface area (Å²) in [6.07, 6.45) is 0. The average molecular weight is 408 g/mol. The molecular weight excluding hydrogens is 391 g/mol. The topological polar surface area (TPSA) is 9.23 Å². The van der Waals surface area contributed by atoms with Crippen molar-refractivity contribution in [3.05, 3.63) is 105 Å². The minimum Gasteiger partial charge on any atom is -0.426 e. The van der Waals surface area contributed by atoms with Gasteiger partial charge in [-0.1, -0.05) is 89.4 Å². The summed E-state index contributed by atoms with van der Waals surface area (Å²) in [5.41, 5.74) is 2.09. The Morgan fingerprint density at radius 3 is 1.24 bits per heavy atom. The molecule has 0 unspecified atom stereocenters. The fourth-order valence-corrected chi connectivity index (χ4v) is 4.63. The van der Waals surface area contributed by atoms with Crippen molar-refractivity contribution in [2.45, 2.75) is 5.41 Å². The molecule has 0 aliphatic heterocycles. The van der Waals surface area contributed by atoms with Crippen LogP contribution in [0.15, 0.2) is 72.8 Å². The first-order valence-corrected chi connectivity index (χ1v) is 9.80. The molecule has 0 bridgehead atoms. The van der Waals surface area contributed by atoms with Crippen LogP contribution in [0.1, 0.15) is 16.7 Å². The molecule has 0 aromatic heterocycles. The Bertz CT molecular complexity index is 771. The van der Waals surface area contributed by atoms with Gasteiger partial charge in [0.15, 0.2) is 0 Å². The minimum atomic E-state index is -0.684. The maximum atomic E-state index is 6.62. The number of halogens is 3. The van der Waals surface area contributed by atoms with Crippen molar-refractivity contribution < 1.29 is 4.43 Å². The van der Waals surface area contributed by atoms with Crippen molar-refractivity contribution in [2.75, 3.05) is 6.61 Å². The lowest BCUT2D eigenvalue weighted by atomic mass is 9.70. The van der Waals surface area contributed by atoms with Crippen LogP contribution in [0.4, 0.5) is 0 Å². The predicted octanol–water partition coefficient (Wildman–Crippen LogP) is 5.28. The lowest BCUT2D eigenvalue weighted by Gasteiger charge is -2.37. The van der Waals surface area contributed by atoms with Crippen LogP contribution in [-0.2, 0) is 9.84 Å². The number of benzene rings is 3. The first kappa shape index (κ1) is 18.5. The normalized spacial score (nSPS) is 11.6. The van der Waals surface area contributed by atoms with Crippen LogP contribution in [0.5, 0.6) is 0 Å². The number of hydrogen-bond donors (Lipinski definition) is 0. The van der Waals surface area contributed by atoms with Crippen molar-refractivity contribution in [2.24, 2.45) is 0 Å². The van der Waals surface area contributed by atoms with Crippen molar-refractivity contribution in [3.63, 3.8) is 0 Å². The molecule has 0 atom stereocenters. The van der Waals surface area contributed by atoms with Crippen LogP contribution in [0.2, 0.25) is 15.1 Å². The third-order valence-corrected chi connectivity index (χ3v) is 5.64. The average Bonchev–Trinajstić information content (AvgIpc) is 2.62. The molecule has 128 valence electrons. The summed E-state index contributed by atoms with van der Waals surface area (Å²) in [4.78, 5) is 0. The van der Waals surface area contributed by atoms with Gasteiger partial charge in [-0.05, 0) is 34.9 Å². The van der Waals surface area contributed by atoms with E-state index in [0.29, 0.717) is 32.2 Å². The summed E-state index contributed by atoms with van der Waals surface area (Å²) >= 11 is 19.9. The van der Waals surface area contributed by atoms with Gasteiger partial charge in [-0.25, -0.2) is 0 Å². The summed E-state index contributed by atoms with van der Waals surface area (Å²) in [6.45, 7) is 0.413. The third kappa shape index (κ3) is 3.38. The zero-order valence-electron chi connectivity index (χ0n) is 13.7. The van der Waals surface area contributed by atoms with Gasteiger partial charge in [0, 0.05) is 15.1 Å². The fourth-order valence-electron chi connectivity index (χ4n) is 3.31. The summed E-state index contributed by atoms with van der Waals surface area (Å²) in [7, 11) is 0.588. The van der Waals surface area contributed by atoms with Gasteiger partial charge >= 0.3 is 0 Å². The van der Waals surface area contributed by atoms with E-state index in [2.05, 4.69) is 0 Å². The fraction of sp³-hybridized carbons (Fsp3) is 0.100. The van der Waals surface area contributed by atoms with E-state index in [1.165, 1.54) is 0 Å². The highest BCUT2D eigenvalue weighted by molar-refractivity contribution is 6.33. The largest absolute Gasteiger partial charge is 0.426 e. The monoisotopic (exact) mass is 406 g/mol. The zero-order chi connectivity index (χ0) is 17.9. The van der Waals surface area contributed by atoms with Crippen molar-refractivity contribution in [1.82, 2.24) is 0 Å². The highest BCUT2D eigenvalue weighted by atomic mass is 35.5. The molecule has 0 aliphatic carbocycles. The number of hydrogen-bond acceptors (Lipinski definition) is 1. The van der Waals surface area contributed by atoms with Gasteiger partial charge in [-0.2, -0.15) is 0 Å². The smallest absolute Gasteiger partial charge is 0.146 e. The Hall–Kier alpha value is -1.29. The zero-order valence-corrected chi connectivity index (χ0v) is 17.9. The van der Waals surface area contributed by atoms with Gasteiger partial charge in [0.1, 0.15) is 10.5 Å². The Balaban J connectivity index is 2.44.